The third kappa shape index (κ3) is 3.61. The van der Waals surface area contributed by atoms with Gasteiger partial charge in [-0.1, -0.05) is 31.2 Å². The molecule has 1 aromatic heterocycles. The van der Waals surface area contributed by atoms with E-state index in [4.69, 9.17) is 0 Å². The minimum absolute atomic E-state index is 0.0325. The summed E-state index contributed by atoms with van der Waals surface area (Å²) in [5, 5.41) is 13.5. The summed E-state index contributed by atoms with van der Waals surface area (Å²) in [6, 6.07) is 8.22. The summed E-state index contributed by atoms with van der Waals surface area (Å²) in [5.41, 5.74) is 2.37. The lowest BCUT2D eigenvalue weighted by atomic mass is 10.1. The minimum atomic E-state index is -0.112. The van der Waals surface area contributed by atoms with E-state index in [0.29, 0.717) is 0 Å². The van der Waals surface area contributed by atoms with Crippen molar-refractivity contribution in [3.05, 3.63) is 41.7 Å². The van der Waals surface area contributed by atoms with Crippen LogP contribution in [0, 0.1) is 0 Å². The number of aromatic nitrogens is 4. The highest BCUT2D eigenvalue weighted by atomic mass is 16.2. The normalized spacial score (nSPS) is 12.1. The van der Waals surface area contributed by atoms with Gasteiger partial charge in [0.2, 0.25) is 5.91 Å². The van der Waals surface area contributed by atoms with Gasteiger partial charge in [0.25, 0.3) is 0 Å². The van der Waals surface area contributed by atoms with Crippen LogP contribution in [0.3, 0.4) is 0 Å². The van der Waals surface area contributed by atoms with E-state index >= 15 is 0 Å². The summed E-state index contributed by atoms with van der Waals surface area (Å²) in [6.07, 6.45) is 2.43. The number of benzene rings is 1. The van der Waals surface area contributed by atoms with E-state index in [0.717, 1.165) is 12.0 Å². The fraction of sp³-hybridized carbons (Fsp3) is 0.385. The number of nitrogens with one attached hydrogen (secondary N) is 1. The second kappa shape index (κ2) is 6.08. The van der Waals surface area contributed by atoms with Crippen LogP contribution in [0.2, 0.25) is 0 Å². The van der Waals surface area contributed by atoms with Gasteiger partial charge in [-0.15, -0.1) is 5.10 Å². The zero-order valence-electron chi connectivity index (χ0n) is 11.1. The number of amides is 1. The Labute approximate surface area is 111 Å². The van der Waals surface area contributed by atoms with Gasteiger partial charge in [-0.3, -0.25) is 4.79 Å². The molecule has 1 N–H and O–H groups in total. The molecule has 0 fully saturated rings. The van der Waals surface area contributed by atoms with Crippen molar-refractivity contribution in [2.75, 3.05) is 0 Å². The fourth-order valence-corrected chi connectivity index (χ4v) is 1.81. The zero-order chi connectivity index (χ0) is 13.7. The lowest BCUT2D eigenvalue weighted by Gasteiger charge is -2.14. The molecule has 0 spiro atoms. The molecule has 0 aliphatic carbocycles. The number of hydrogen-bond donors (Lipinski definition) is 1. The molecule has 0 bridgehead atoms. The van der Waals surface area contributed by atoms with Crippen molar-refractivity contribution in [3.63, 3.8) is 0 Å². The Morgan fingerprint density at radius 1 is 1.37 bits per heavy atom. The number of carbonyl (C=O) groups is 1. The van der Waals surface area contributed by atoms with Crippen molar-refractivity contribution in [1.29, 1.82) is 0 Å². The third-order valence-electron chi connectivity index (χ3n) is 2.96. The molecule has 0 radical (unpaired) electrons. The van der Waals surface area contributed by atoms with E-state index in [2.05, 4.69) is 39.9 Å². The first kappa shape index (κ1) is 13.2. The molecule has 0 saturated carbocycles. The average Bonchev–Trinajstić information content (AvgIpc) is 2.91. The number of carbonyl (C=O) groups excluding carboxylic acids is 1. The first-order chi connectivity index (χ1) is 9.19. The predicted octanol–water partition coefficient (Wildman–Crippen LogP) is 1.11. The van der Waals surface area contributed by atoms with Crippen LogP contribution in [0.25, 0.3) is 0 Å². The summed E-state index contributed by atoms with van der Waals surface area (Å²) in [7, 11) is 0. The fourth-order valence-electron chi connectivity index (χ4n) is 1.81. The Morgan fingerprint density at radius 3 is 2.68 bits per heavy atom. The van der Waals surface area contributed by atoms with Gasteiger partial charge in [0.05, 0.1) is 6.04 Å². The van der Waals surface area contributed by atoms with E-state index < -0.39 is 0 Å². The smallest absolute Gasteiger partial charge is 0.242 e. The van der Waals surface area contributed by atoms with Crippen LogP contribution in [0.1, 0.15) is 31.0 Å². The Morgan fingerprint density at radius 2 is 2.11 bits per heavy atom. The molecule has 0 saturated heterocycles. The van der Waals surface area contributed by atoms with Gasteiger partial charge in [0.15, 0.2) is 0 Å². The number of tetrazole rings is 1. The molecular formula is C13H17N5O. The quantitative estimate of drug-likeness (QED) is 0.873. The first-order valence-corrected chi connectivity index (χ1v) is 6.28. The highest BCUT2D eigenvalue weighted by molar-refractivity contribution is 5.76. The number of nitrogens with zero attached hydrogens (tertiary/aromatic N) is 4. The van der Waals surface area contributed by atoms with Gasteiger partial charge in [0, 0.05) is 0 Å². The van der Waals surface area contributed by atoms with Crippen LogP contribution >= 0.6 is 0 Å². The van der Waals surface area contributed by atoms with E-state index in [1.807, 2.05) is 19.1 Å². The standard InChI is InChI=1S/C13H17N5O/c1-3-11-4-6-12(7-5-11)10(2)15-13(19)8-18-9-14-16-17-18/h4-7,9-10H,3,8H2,1-2H3,(H,15,19)/t10-/m0/s1. The number of rotatable bonds is 5. The first-order valence-electron chi connectivity index (χ1n) is 6.28. The Balaban J connectivity index is 1.92. The van der Waals surface area contributed by atoms with Gasteiger partial charge in [0.1, 0.15) is 12.9 Å². The molecule has 100 valence electrons. The van der Waals surface area contributed by atoms with E-state index in [-0.39, 0.29) is 18.5 Å². The molecule has 0 aliphatic heterocycles. The van der Waals surface area contributed by atoms with Crippen molar-refractivity contribution < 1.29 is 4.79 Å². The van der Waals surface area contributed by atoms with Crippen molar-refractivity contribution in [2.45, 2.75) is 32.9 Å². The van der Waals surface area contributed by atoms with Gasteiger partial charge in [-0.2, -0.15) is 0 Å². The minimum Gasteiger partial charge on any atom is -0.348 e. The van der Waals surface area contributed by atoms with Crippen LogP contribution < -0.4 is 5.32 Å². The Bertz CT molecular complexity index is 520. The van der Waals surface area contributed by atoms with Crippen LogP contribution in [-0.2, 0) is 17.8 Å². The monoisotopic (exact) mass is 259 g/mol. The maximum Gasteiger partial charge on any atom is 0.242 e. The third-order valence-corrected chi connectivity index (χ3v) is 2.96. The topological polar surface area (TPSA) is 72.7 Å². The van der Waals surface area contributed by atoms with Crippen LogP contribution in [0.15, 0.2) is 30.6 Å². The molecule has 1 atom stereocenters. The molecule has 2 aromatic rings. The summed E-state index contributed by atoms with van der Waals surface area (Å²) in [4.78, 5) is 11.8. The molecule has 0 aliphatic rings. The maximum atomic E-state index is 11.8. The van der Waals surface area contributed by atoms with Crippen LogP contribution in [0.4, 0.5) is 0 Å². The summed E-state index contributed by atoms with van der Waals surface area (Å²) in [6.45, 7) is 4.20. The lowest BCUT2D eigenvalue weighted by Crippen LogP contribution is -2.30. The summed E-state index contributed by atoms with van der Waals surface area (Å²) < 4.78 is 1.39. The highest BCUT2D eigenvalue weighted by Gasteiger charge is 2.10. The van der Waals surface area contributed by atoms with Gasteiger partial charge in [-0.05, 0) is 34.9 Å². The molecule has 1 amide bonds. The van der Waals surface area contributed by atoms with E-state index in [1.54, 1.807) is 0 Å². The maximum absolute atomic E-state index is 11.8. The molecule has 6 nitrogen and oxygen atoms in total. The molecule has 0 unspecified atom stereocenters. The van der Waals surface area contributed by atoms with Crippen LogP contribution in [-0.4, -0.2) is 26.1 Å². The SMILES string of the molecule is CCc1ccc([C@H](C)NC(=O)Cn2cnnn2)cc1. The second-order valence-corrected chi connectivity index (χ2v) is 4.39. The van der Waals surface area contributed by atoms with E-state index in [1.165, 1.54) is 16.6 Å². The Kier molecular flexibility index (Phi) is 4.22. The largest absolute Gasteiger partial charge is 0.348 e. The van der Waals surface area contributed by atoms with Crippen molar-refractivity contribution in [3.8, 4) is 0 Å². The van der Waals surface area contributed by atoms with Gasteiger partial charge < -0.3 is 5.32 Å². The molecule has 19 heavy (non-hydrogen) atoms. The molecule has 1 heterocycles. The lowest BCUT2D eigenvalue weighted by molar-refractivity contribution is -0.122. The van der Waals surface area contributed by atoms with Crippen molar-refractivity contribution in [2.24, 2.45) is 0 Å². The second-order valence-electron chi connectivity index (χ2n) is 4.39. The van der Waals surface area contributed by atoms with Gasteiger partial charge >= 0.3 is 0 Å². The summed E-state index contributed by atoms with van der Waals surface area (Å²) in [5.74, 6) is -0.112. The van der Waals surface area contributed by atoms with Crippen molar-refractivity contribution in [1.82, 2.24) is 25.5 Å². The van der Waals surface area contributed by atoms with Crippen molar-refractivity contribution >= 4 is 5.91 Å². The number of hydrogen-bond acceptors (Lipinski definition) is 4. The zero-order valence-corrected chi connectivity index (χ0v) is 11.1. The van der Waals surface area contributed by atoms with Crippen LogP contribution in [0.5, 0.6) is 0 Å². The predicted molar refractivity (Wildman–Crippen MR) is 70.2 cm³/mol. The average molecular weight is 259 g/mol. The molecular weight excluding hydrogens is 242 g/mol. The Hall–Kier alpha value is -2.24. The highest BCUT2D eigenvalue weighted by Crippen LogP contribution is 2.13. The molecule has 2 rings (SSSR count). The molecule has 6 heteroatoms. The van der Waals surface area contributed by atoms with E-state index in [9.17, 15) is 4.79 Å². The molecule has 1 aromatic carbocycles. The summed E-state index contributed by atoms with van der Waals surface area (Å²) >= 11 is 0. The number of aryl methyl sites for hydroxylation is 1. The van der Waals surface area contributed by atoms with Gasteiger partial charge in [-0.25, -0.2) is 4.68 Å².